The fourth-order valence-corrected chi connectivity index (χ4v) is 2.52. The van der Waals surface area contributed by atoms with Gasteiger partial charge >= 0.3 is 5.97 Å². The van der Waals surface area contributed by atoms with E-state index < -0.39 is 5.97 Å². The molecule has 26 heavy (non-hydrogen) atoms. The Morgan fingerprint density at radius 2 is 1.69 bits per heavy atom. The summed E-state index contributed by atoms with van der Waals surface area (Å²) >= 11 is 0. The van der Waals surface area contributed by atoms with Crippen LogP contribution < -0.4 is 11.1 Å². The Hall–Kier alpha value is -3.61. The maximum absolute atomic E-state index is 12.6. The van der Waals surface area contributed by atoms with Gasteiger partial charge in [0.25, 0.3) is 5.91 Å². The summed E-state index contributed by atoms with van der Waals surface area (Å²) < 4.78 is 5.82. The van der Waals surface area contributed by atoms with Crippen LogP contribution in [0.5, 0.6) is 0 Å². The number of nitrogens with two attached hydrogens (primary N) is 1. The molecule has 0 amide bonds. The van der Waals surface area contributed by atoms with Gasteiger partial charge in [0.15, 0.2) is 5.82 Å². The first kappa shape index (κ1) is 17.2. The van der Waals surface area contributed by atoms with Crippen LogP contribution in [0.4, 0.5) is 17.3 Å². The molecule has 7 heteroatoms. The first-order valence-electron chi connectivity index (χ1n) is 7.96. The zero-order valence-electron chi connectivity index (χ0n) is 14.2. The van der Waals surface area contributed by atoms with E-state index in [1.165, 1.54) is 7.11 Å². The largest absolute Gasteiger partial charge is 0.465 e. The number of hydrogen-bond donors (Lipinski definition) is 2. The average molecular weight is 350 g/mol. The number of aromatic nitrogens is 2. The molecule has 3 N–H and O–H groups in total. The molecule has 1 aromatic heterocycles. The van der Waals surface area contributed by atoms with E-state index in [0.717, 1.165) is 10.2 Å². The first-order valence-corrected chi connectivity index (χ1v) is 7.96. The Morgan fingerprint density at radius 1 is 1.08 bits per heavy atom. The van der Waals surface area contributed by atoms with Crippen LogP contribution in [0, 0.1) is 0 Å². The molecule has 0 aliphatic heterocycles. The van der Waals surface area contributed by atoms with Gasteiger partial charge < -0.3 is 15.8 Å². The molecule has 0 fully saturated rings. The number of carbonyl (C=O) groups is 2. The highest BCUT2D eigenvalue weighted by Gasteiger charge is 2.26. The van der Waals surface area contributed by atoms with E-state index in [0.29, 0.717) is 5.69 Å². The Kier molecular flexibility index (Phi) is 4.98. The third kappa shape index (κ3) is 3.56. The first-order chi connectivity index (χ1) is 12.6. The number of esters is 1. The number of ether oxygens (including phenoxy) is 1. The Labute approximate surface area is 150 Å². The number of nitrogens with one attached hydrogen (secondary N) is 1. The highest BCUT2D eigenvalue weighted by Crippen LogP contribution is 2.26. The number of anilines is 3. The van der Waals surface area contributed by atoms with Crippen LogP contribution in [0.2, 0.25) is 0 Å². The summed E-state index contributed by atoms with van der Waals surface area (Å²) in [4.78, 5) is 24.7. The molecular formula is C19H18N4O3. The fraction of sp³-hybridized carbons (Fsp3) is 0.105. The van der Waals surface area contributed by atoms with E-state index in [2.05, 4.69) is 10.4 Å². The van der Waals surface area contributed by atoms with E-state index >= 15 is 0 Å². The second-order valence-electron chi connectivity index (χ2n) is 5.56. The SMILES string of the molecule is COC(=O)c1c(Nc2ccccc2)nn(C(=O)Cc2ccccc2)c1N. The lowest BCUT2D eigenvalue weighted by molar-refractivity contribution is 0.0603. The number of para-hydroxylation sites is 1. The van der Waals surface area contributed by atoms with Crippen molar-refractivity contribution in [2.75, 3.05) is 18.2 Å². The van der Waals surface area contributed by atoms with Crippen LogP contribution in [-0.2, 0) is 11.2 Å². The molecule has 0 unspecified atom stereocenters. The summed E-state index contributed by atoms with van der Waals surface area (Å²) in [6.07, 6.45) is 0.109. The number of rotatable bonds is 5. The highest BCUT2D eigenvalue weighted by atomic mass is 16.5. The molecule has 0 bridgehead atoms. The van der Waals surface area contributed by atoms with Crippen molar-refractivity contribution in [3.05, 3.63) is 71.8 Å². The van der Waals surface area contributed by atoms with Gasteiger partial charge in [-0.2, -0.15) is 4.68 Å². The van der Waals surface area contributed by atoms with Gasteiger partial charge in [-0.3, -0.25) is 4.79 Å². The summed E-state index contributed by atoms with van der Waals surface area (Å²) in [6, 6.07) is 18.4. The molecular weight excluding hydrogens is 332 g/mol. The van der Waals surface area contributed by atoms with Crippen LogP contribution in [-0.4, -0.2) is 28.8 Å². The predicted octanol–water partition coefficient (Wildman–Crippen LogP) is 2.88. The number of hydrogen-bond acceptors (Lipinski definition) is 6. The fourth-order valence-electron chi connectivity index (χ4n) is 2.52. The van der Waals surface area contributed by atoms with E-state index in [1.807, 2.05) is 60.7 Å². The van der Waals surface area contributed by atoms with E-state index in [9.17, 15) is 9.59 Å². The molecule has 0 aliphatic carbocycles. The summed E-state index contributed by atoms with van der Waals surface area (Å²) in [5.74, 6) is -0.905. The van der Waals surface area contributed by atoms with Crippen molar-refractivity contribution in [1.29, 1.82) is 0 Å². The predicted molar refractivity (Wildman–Crippen MR) is 98.5 cm³/mol. The van der Waals surface area contributed by atoms with Gasteiger partial charge in [-0.1, -0.05) is 48.5 Å². The molecule has 132 valence electrons. The zero-order chi connectivity index (χ0) is 18.5. The minimum atomic E-state index is -0.667. The minimum absolute atomic E-state index is 0.0257. The van der Waals surface area contributed by atoms with Crippen molar-refractivity contribution >= 4 is 29.2 Å². The third-order valence-corrected chi connectivity index (χ3v) is 3.78. The van der Waals surface area contributed by atoms with Crippen molar-refractivity contribution in [3.63, 3.8) is 0 Å². The molecule has 0 atom stereocenters. The second kappa shape index (κ2) is 7.52. The van der Waals surface area contributed by atoms with Crippen LogP contribution in [0.25, 0.3) is 0 Å². The van der Waals surface area contributed by atoms with Gasteiger partial charge in [0.1, 0.15) is 11.4 Å². The summed E-state index contributed by atoms with van der Waals surface area (Å²) in [7, 11) is 1.25. The monoisotopic (exact) mass is 350 g/mol. The molecule has 1 heterocycles. The molecule has 0 spiro atoms. The minimum Gasteiger partial charge on any atom is -0.465 e. The van der Waals surface area contributed by atoms with Crippen molar-refractivity contribution in [2.45, 2.75) is 6.42 Å². The normalized spacial score (nSPS) is 10.3. The lowest BCUT2D eigenvalue weighted by atomic mass is 10.1. The topological polar surface area (TPSA) is 99.2 Å². The quantitative estimate of drug-likeness (QED) is 0.687. The van der Waals surface area contributed by atoms with E-state index in [4.69, 9.17) is 10.5 Å². The third-order valence-electron chi connectivity index (χ3n) is 3.78. The van der Waals surface area contributed by atoms with Crippen molar-refractivity contribution in [1.82, 2.24) is 9.78 Å². The maximum Gasteiger partial charge on any atom is 0.345 e. The summed E-state index contributed by atoms with van der Waals surface area (Å²) in [5.41, 5.74) is 7.58. The van der Waals surface area contributed by atoms with Crippen LogP contribution in [0.3, 0.4) is 0 Å². The smallest absolute Gasteiger partial charge is 0.345 e. The van der Waals surface area contributed by atoms with Crippen LogP contribution in [0.1, 0.15) is 20.7 Å². The zero-order valence-corrected chi connectivity index (χ0v) is 14.2. The van der Waals surface area contributed by atoms with Gasteiger partial charge in [-0.15, -0.1) is 5.10 Å². The Morgan fingerprint density at radius 3 is 2.31 bits per heavy atom. The number of carbonyl (C=O) groups excluding carboxylic acids is 2. The summed E-state index contributed by atoms with van der Waals surface area (Å²) in [6.45, 7) is 0. The lowest BCUT2D eigenvalue weighted by Crippen LogP contribution is -2.18. The van der Waals surface area contributed by atoms with Crippen LogP contribution >= 0.6 is 0 Å². The van der Waals surface area contributed by atoms with Gasteiger partial charge in [-0.25, -0.2) is 4.79 Å². The molecule has 2 aromatic carbocycles. The number of methoxy groups -OCH3 is 1. The molecule has 3 aromatic rings. The van der Waals surface area contributed by atoms with E-state index in [-0.39, 0.29) is 29.5 Å². The van der Waals surface area contributed by atoms with Crippen molar-refractivity contribution in [3.8, 4) is 0 Å². The molecule has 0 aliphatic rings. The summed E-state index contributed by atoms with van der Waals surface area (Å²) in [5, 5.41) is 7.20. The molecule has 0 saturated carbocycles. The lowest BCUT2D eigenvalue weighted by Gasteiger charge is -2.04. The number of benzene rings is 2. The van der Waals surface area contributed by atoms with Gasteiger partial charge in [0, 0.05) is 5.69 Å². The van der Waals surface area contributed by atoms with Crippen molar-refractivity contribution < 1.29 is 14.3 Å². The number of nitrogen functional groups attached to an aromatic ring is 1. The average Bonchev–Trinajstić information content (AvgIpc) is 2.99. The van der Waals surface area contributed by atoms with Crippen molar-refractivity contribution in [2.24, 2.45) is 0 Å². The molecule has 7 nitrogen and oxygen atoms in total. The molecule has 0 saturated heterocycles. The molecule has 3 rings (SSSR count). The molecule has 0 radical (unpaired) electrons. The Balaban J connectivity index is 1.95. The number of nitrogens with zero attached hydrogens (tertiary/aromatic N) is 2. The van der Waals surface area contributed by atoms with Crippen LogP contribution in [0.15, 0.2) is 60.7 Å². The highest BCUT2D eigenvalue weighted by molar-refractivity contribution is 6.02. The standard InChI is InChI=1S/C19H18N4O3/c1-26-19(25)16-17(20)23(15(24)12-13-8-4-2-5-9-13)22-18(16)21-14-10-6-3-7-11-14/h2-11H,12,20H2,1H3,(H,21,22). The van der Waals surface area contributed by atoms with Gasteiger partial charge in [0.2, 0.25) is 0 Å². The maximum atomic E-state index is 12.6. The van der Waals surface area contributed by atoms with Gasteiger partial charge in [0.05, 0.1) is 13.5 Å². The van der Waals surface area contributed by atoms with E-state index in [1.54, 1.807) is 0 Å². The Bertz CT molecular complexity index is 921. The van der Waals surface area contributed by atoms with Gasteiger partial charge in [-0.05, 0) is 17.7 Å². The second-order valence-corrected chi connectivity index (χ2v) is 5.56.